The number of methoxy groups -OCH3 is 1. The van der Waals surface area contributed by atoms with Crippen molar-refractivity contribution < 1.29 is 9.84 Å². The molecular formula is C22H23N5O4. The van der Waals surface area contributed by atoms with E-state index < -0.39 is 17.1 Å². The van der Waals surface area contributed by atoms with Gasteiger partial charge in [-0.15, -0.1) is 0 Å². The van der Waals surface area contributed by atoms with Crippen LogP contribution in [0.3, 0.4) is 0 Å². The number of aromatic amines is 1. The van der Waals surface area contributed by atoms with Crippen molar-refractivity contribution in [2.75, 3.05) is 13.7 Å². The molecule has 0 spiro atoms. The molecule has 9 heteroatoms. The van der Waals surface area contributed by atoms with Crippen molar-refractivity contribution in [2.45, 2.75) is 25.3 Å². The molecule has 160 valence electrons. The first-order valence-electron chi connectivity index (χ1n) is 10.0. The van der Waals surface area contributed by atoms with Gasteiger partial charge in [0.2, 0.25) is 5.88 Å². The molecule has 1 fully saturated rings. The molecule has 3 aromatic rings. The summed E-state index contributed by atoms with van der Waals surface area (Å²) in [5.74, 6) is 0.131. The van der Waals surface area contributed by atoms with Crippen LogP contribution in [0.2, 0.25) is 0 Å². The average Bonchev–Trinajstić information content (AvgIpc) is 2.80. The van der Waals surface area contributed by atoms with Crippen LogP contribution in [0.1, 0.15) is 36.4 Å². The molecule has 1 aliphatic heterocycles. The third-order valence-corrected chi connectivity index (χ3v) is 5.33. The molecule has 0 unspecified atom stereocenters. The standard InChI is InChI=1S/C22H23N5O4/c1-31-17-9-7-16(8-10-17)27-21(29)18(20(28)25-22(27)30)14-24-26-12-3-2-6-19(26)15-5-4-11-23-13-15/h4-5,7-11,13-14,19,29H,2-3,6,12H2,1H3,(H,25,28,30)/t19-/m1/s1. The van der Waals surface area contributed by atoms with Gasteiger partial charge in [0.25, 0.3) is 5.56 Å². The molecule has 1 saturated heterocycles. The minimum atomic E-state index is -0.740. The zero-order chi connectivity index (χ0) is 21.8. The summed E-state index contributed by atoms with van der Waals surface area (Å²) >= 11 is 0. The Hall–Kier alpha value is -3.88. The van der Waals surface area contributed by atoms with Gasteiger partial charge in [-0.2, -0.15) is 5.10 Å². The highest BCUT2D eigenvalue weighted by atomic mass is 16.5. The second kappa shape index (κ2) is 8.86. The van der Waals surface area contributed by atoms with Gasteiger partial charge in [-0.25, -0.2) is 9.36 Å². The lowest BCUT2D eigenvalue weighted by molar-refractivity contribution is 0.156. The summed E-state index contributed by atoms with van der Waals surface area (Å²) in [6.45, 7) is 0.715. The molecule has 9 nitrogen and oxygen atoms in total. The Balaban J connectivity index is 1.70. The van der Waals surface area contributed by atoms with E-state index in [1.807, 2.05) is 23.3 Å². The molecule has 31 heavy (non-hydrogen) atoms. The van der Waals surface area contributed by atoms with E-state index in [1.165, 1.54) is 13.3 Å². The number of benzene rings is 1. The van der Waals surface area contributed by atoms with Crippen molar-refractivity contribution in [1.82, 2.24) is 19.5 Å². The second-order valence-corrected chi connectivity index (χ2v) is 7.24. The molecule has 3 heterocycles. The molecule has 2 aromatic heterocycles. The van der Waals surface area contributed by atoms with E-state index in [0.29, 0.717) is 18.0 Å². The van der Waals surface area contributed by atoms with Crippen LogP contribution < -0.4 is 16.0 Å². The summed E-state index contributed by atoms with van der Waals surface area (Å²) < 4.78 is 6.15. The van der Waals surface area contributed by atoms with Crippen LogP contribution in [-0.4, -0.2) is 44.5 Å². The van der Waals surface area contributed by atoms with E-state index in [-0.39, 0.29) is 11.6 Å². The normalized spacial score (nSPS) is 16.5. The van der Waals surface area contributed by atoms with Crippen molar-refractivity contribution in [3.05, 3.63) is 80.8 Å². The maximum absolute atomic E-state index is 12.4. The summed E-state index contributed by atoms with van der Waals surface area (Å²) in [5, 5.41) is 17.1. The van der Waals surface area contributed by atoms with E-state index >= 15 is 0 Å². The minimum absolute atomic E-state index is 0.0346. The predicted octanol–water partition coefficient (Wildman–Crippen LogP) is 2.20. The first-order chi connectivity index (χ1) is 15.1. The molecule has 0 aliphatic carbocycles. The fraction of sp³-hybridized carbons (Fsp3) is 0.273. The number of pyridine rings is 1. The van der Waals surface area contributed by atoms with Gasteiger partial charge in [0.15, 0.2) is 0 Å². The van der Waals surface area contributed by atoms with Gasteiger partial charge in [-0.1, -0.05) is 6.07 Å². The zero-order valence-electron chi connectivity index (χ0n) is 17.1. The smallest absolute Gasteiger partial charge is 0.335 e. The fourth-order valence-corrected chi connectivity index (χ4v) is 3.72. The molecule has 4 rings (SSSR count). The molecule has 1 aromatic carbocycles. The van der Waals surface area contributed by atoms with Crippen molar-refractivity contribution in [3.8, 4) is 17.3 Å². The van der Waals surface area contributed by atoms with Crippen LogP contribution in [0.5, 0.6) is 11.6 Å². The SMILES string of the molecule is COc1ccc(-n2c(O)c(C=NN3CCCC[C@@H]3c3cccnc3)c(=O)[nH]c2=O)cc1. The molecule has 2 N–H and O–H groups in total. The van der Waals surface area contributed by atoms with Crippen LogP contribution in [0.15, 0.2) is 63.5 Å². The van der Waals surface area contributed by atoms with E-state index in [4.69, 9.17) is 4.74 Å². The lowest BCUT2D eigenvalue weighted by Crippen LogP contribution is -2.32. The van der Waals surface area contributed by atoms with Crippen molar-refractivity contribution in [3.63, 3.8) is 0 Å². The number of nitrogens with zero attached hydrogens (tertiary/aromatic N) is 4. The first kappa shape index (κ1) is 20.4. The third-order valence-electron chi connectivity index (χ3n) is 5.33. The van der Waals surface area contributed by atoms with Gasteiger partial charge < -0.3 is 9.84 Å². The Morgan fingerprint density at radius 2 is 2.03 bits per heavy atom. The predicted molar refractivity (Wildman–Crippen MR) is 116 cm³/mol. The number of nitrogens with one attached hydrogen (secondary N) is 1. The van der Waals surface area contributed by atoms with Gasteiger partial charge in [0, 0.05) is 18.9 Å². The summed E-state index contributed by atoms with van der Waals surface area (Å²) in [7, 11) is 1.53. The van der Waals surface area contributed by atoms with Gasteiger partial charge in [-0.3, -0.25) is 19.8 Å². The Morgan fingerprint density at radius 3 is 2.74 bits per heavy atom. The number of piperidine rings is 1. The summed E-state index contributed by atoms with van der Waals surface area (Å²) in [6.07, 6.45) is 7.80. The molecule has 0 saturated carbocycles. The number of hydrazone groups is 1. The lowest BCUT2D eigenvalue weighted by Gasteiger charge is -2.33. The maximum atomic E-state index is 12.4. The molecular weight excluding hydrogens is 398 g/mol. The number of rotatable bonds is 5. The highest BCUT2D eigenvalue weighted by molar-refractivity contribution is 5.82. The number of aromatic hydroxyl groups is 1. The van der Waals surface area contributed by atoms with Crippen molar-refractivity contribution >= 4 is 6.21 Å². The van der Waals surface area contributed by atoms with Crippen molar-refractivity contribution in [1.29, 1.82) is 0 Å². The van der Waals surface area contributed by atoms with E-state index in [2.05, 4.69) is 15.1 Å². The zero-order valence-corrected chi connectivity index (χ0v) is 17.1. The first-order valence-corrected chi connectivity index (χ1v) is 10.0. The number of aromatic nitrogens is 3. The van der Waals surface area contributed by atoms with Gasteiger partial charge in [0.05, 0.1) is 25.1 Å². The molecule has 0 amide bonds. The second-order valence-electron chi connectivity index (χ2n) is 7.24. The third kappa shape index (κ3) is 4.20. The van der Waals surface area contributed by atoms with Gasteiger partial charge in [0.1, 0.15) is 11.3 Å². The average molecular weight is 421 g/mol. The molecule has 1 atom stereocenters. The van der Waals surface area contributed by atoms with Crippen LogP contribution in [0.4, 0.5) is 0 Å². The van der Waals surface area contributed by atoms with Crippen LogP contribution in [0, 0.1) is 0 Å². The Labute approximate surface area is 178 Å². The maximum Gasteiger partial charge on any atom is 0.335 e. The van der Waals surface area contributed by atoms with E-state index in [9.17, 15) is 14.7 Å². The highest BCUT2D eigenvalue weighted by Crippen LogP contribution is 2.30. The van der Waals surface area contributed by atoms with Crippen LogP contribution >= 0.6 is 0 Å². The van der Waals surface area contributed by atoms with Gasteiger partial charge in [-0.05, 0) is 55.2 Å². The number of H-pyrrole nitrogens is 1. The Kier molecular flexibility index (Phi) is 5.83. The summed E-state index contributed by atoms with van der Waals surface area (Å²) in [6, 6.07) is 10.5. The highest BCUT2D eigenvalue weighted by Gasteiger charge is 2.23. The fourth-order valence-electron chi connectivity index (χ4n) is 3.72. The number of hydrogen-bond acceptors (Lipinski definition) is 7. The molecule has 1 aliphatic rings. The van der Waals surface area contributed by atoms with E-state index in [1.54, 1.807) is 30.5 Å². The van der Waals surface area contributed by atoms with Gasteiger partial charge >= 0.3 is 5.69 Å². The van der Waals surface area contributed by atoms with Crippen molar-refractivity contribution in [2.24, 2.45) is 5.10 Å². The minimum Gasteiger partial charge on any atom is -0.497 e. The Morgan fingerprint density at radius 1 is 1.23 bits per heavy atom. The van der Waals surface area contributed by atoms with E-state index in [0.717, 1.165) is 29.4 Å². The molecule has 0 radical (unpaired) electrons. The summed E-state index contributed by atoms with van der Waals surface area (Å²) in [5.41, 5.74) is -0.103. The quantitative estimate of drug-likeness (QED) is 0.611. The molecule has 0 bridgehead atoms. The largest absolute Gasteiger partial charge is 0.497 e. The summed E-state index contributed by atoms with van der Waals surface area (Å²) in [4.78, 5) is 31.2. The Bertz CT molecular complexity index is 1190. The van der Waals surface area contributed by atoms with Crippen LogP contribution in [0.25, 0.3) is 5.69 Å². The topological polar surface area (TPSA) is 113 Å². The monoisotopic (exact) mass is 421 g/mol. The lowest BCUT2D eigenvalue weighted by atomic mass is 9.98. The van der Waals surface area contributed by atoms with Crippen LogP contribution in [-0.2, 0) is 0 Å². The number of ether oxygens (including phenoxy) is 1. The number of hydrogen-bond donors (Lipinski definition) is 2.